The molecule has 0 radical (unpaired) electrons. The highest BCUT2D eigenvalue weighted by Gasteiger charge is 2.21. The number of nitrogens with two attached hydrogens (primary N) is 1. The van der Waals surface area contributed by atoms with E-state index < -0.39 is 35.1 Å². The predicted octanol–water partition coefficient (Wildman–Crippen LogP) is 3.78. The first kappa shape index (κ1) is 40.7. The highest BCUT2D eigenvalue weighted by Crippen LogP contribution is 2.09. The normalized spacial score (nSPS) is 11.2. The first-order valence-electron chi connectivity index (χ1n) is 13.4. The minimum absolute atomic E-state index is 0. The number of alkyl carbamates (subject to hydrolysis) is 2. The van der Waals surface area contributed by atoms with Gasteiger partial charge < -0.3 is 19.9 Å². The van der Waals surface area contributed by atoms with Crippen LogP contribution in [0.4, 0.5) is 14.4 Å². The van der Waals surface area contributed by atoms with Gasteiger partial charge in [-0.2, -0.15) is 15.3 Å². The second-order valence-corrected chi connectivity index (χ2v) is 11.8. The van der Waals surface area contributed by atoms with E-state index in [1.165, 1.54) is 32.6 Å². The molecule has 0 aliphatic heterocycles. The van der Waals surface area contributed by atoms with Crippen LogP contribution in [-0.4, -0.2) is 82.3 Å². The Morgan fingerprint density at radius 3 is 1.41 bits per heavy atom. The monoisotopic (exact) mass is 666 g/mol. The quantitative estimate of drug-likeness (QED) is 0.132. The molecule has 0 unspecified atom stereocenters. The maximum Gasteiger partial charge on any atom is 0.437 e. The van der Waals surface area contributed by atoms with E-state index in [0.717, 1.165) is 0 Å². The number of nitrogen functional groups attached to an aromatic ring is 1. The maximum atomic E-state index is 11.8. The summed E-state index contributed by atoms with van der Waals surface area (Å²) in [5, 5.41) is 30.3. The molecule has 0 saturated carbocycles. The van der Waals surface area contributed by atoms with Gasteiger partial charge in [0.1, 0.15) is 16.8 Å². The van der Waals surface area contributed by atoms with Gasteiger partial charge in [-0.25, -0.2) is 28.4 Å². The van der Waals surface area contributed by atoms with E-state index in [1.54, 1.807) is 99.1 Å². The van der Waals surface area contributed by atoms with Gasteiger partial charge in [0.15, 0.2) is 0 Å². The number of carbonyl (C=O) groups is 3. The molecule has 0 spiro atoms. The molecule has 0 aliphatic rings. The zero-order chi connectivity index (χ0) is 34.4. The topological polar surface area (TPSA) is 242 Å². The van der Waals surface area contributed by atoms with Crippen LogP contribution in [0.15, 0.2) is 60.4 Å². The molecule has 3 aromatic heterocycles. The van der Waals surface area contributed by atoms with Gasteiger partial charge in [0, 0.05) is 37.2 Å². The van der Waals surface area contributed by atoms with Crippen LogP contribution < -0.4 is 16.4 Å². The zero-order valence-electron chi connectivity index (χ0n) is 27.3. The Balaban J connectivity index is 0.000000725. The maximum absolute atomic E-state index is 11.8. The largest absolute Gasteiger partial charge is 0.444 e. The summed E-state index contributed by atoms with van der Waals surface area (Å²) in [6, 6.07) is 4.99. The average Bonchev–Trinajstić information content (AvgIpc) is 3.65. The first-order chi connectivity index (χ1) is 20.6. The molecule has 3 heterocycles. The highest BCUT2D eigenvalue weighted by molar-refractivity contribution is 5.99. The van der Waals surface area contributed by atoms with E-state index in [-0.39, 0.29) is 30.3 Å². The second-order valence-electron chi connectivity index (χ2n) is 11.8. The number of nitrogens with one attached hydrogen (secondary N) is 4. The van der Waals surface area contributed by atoms with Crippen LogP contribution >= 0.6 is 12.4 Å². The van der Waals surface area contributed by atoms with Crippen molar-refractivity contribution in [3.63, 3.8) is 0 Å². The van der Waals surface area contributed by atoms with Gasteiger partial charge in [0.25, 0.3) is 0 Å². The highest BCUT2D eigenvalue weighted by atomic mass is 35.5. The predicted molar refractivity (Wildman–Crippen MR) is 172 cm³/mol. The van der Waals surface area contributed by atoms with E-state index in [1.807, 2.05) is 0 Å². The lowest BCUT2D eigenvalue weighted by Crippen LogP contribution is -2.40. The summed E-state index contributed by atoms with van der Waals surface area (Å²) >= 11 is 0. The lowest BCUT2D eigenvalue weighted by atomic mass is 10.2. The third-order valence-corrected chi connectivity index (χ3v) is 4.03. The number of hydrogen-bond acceptors (Lipinski definition) is 11. The SMILES string of the molecule is CC(C)(C)OC(=O)N=C(NC(=O)OC(C)(C)C)n1cccn1.CC(C)(C)OC(=O)NC(=N)n1cccn1.Cl.N=C(N)n1cccn1. The number of carbonyl (C=O) groups excluding carboxylic acids is 3. The van der Waals surface area contributed by atoms with Crippen LogP contribution in [0.2, 0.25) is 0 Å². The third kappa shape index (κ3) is 18.4. The van der Waals surface area contributed by atoms with E-state index in [0.29, 0.717) is 0 Å². The molecule has 0 saturated heterocycles. The fourth-order valence-corrected chi connectivity index (χ4v) is 2.57. The summed E-state index contributed by atoms with van der Waals surface area (Å²) in [4.78, 5) is 38.6. The third-order valence-electron chi connectivity index (χ3n) is 4.03. The Bertz CT molecular complexity index is 1420. The van der Waals surface area contributed by atoms with Gasteiger partial charge in [-0.05, 0) is 80.5 Å². The Labute approximate surface area is 273 Å². The number of hydrogen-bond donors (Lipinski definition) is 5. The lowest BCUT2D eigenvalue weighted by molar-refractivity contribution is 0.0546. The van der Waals surface area contributed by atoms with Gasteiger partial charge >= 0.3 is 18.3 Å². The molecular weight excluding hydrogens is 624 g/mol. The molecule has 6 N–H and O–H groups in total. The van der Waals surface area contributed by atoms with Crippen molar-refractivity contribution < 1.29 is 28.6 Å². The molecule has 0 atom stereocenters. The van der Waals surface area contributed by atoms with Gasteiger partial charge in [-0.3, -0.25) is 21.5 Å². The van der Waals surface area contributed by atoms with Crippen molar-refractivity contribution >= 4 is 48.6 Å². The summed E-state index contributed by atoms with van der Waals surface area (Å²) in [6.07, 6.45) is 7.03. The molecule has 0 aromatic carbocycles. The number of rotatable bonds is 0. The standard InChI is InChI=1S/C14H22N4O4.C9H14N4O2.C4H6N4.ClH/c1-13(2,3)21-11(19)16-10(18-9-7-8-15-18)17-12(20)22-14(4,5)6;1-9(2,3)15-8(14)12-7(10)13-6-4-5-11-13;5-4(6)8-3-1-2-7-8;/h7-9H,1-6H3,(H,16,17,19,20);4-6H,1-3H3,(H2,10,12,14);1-3H,(H3,5,6);1H. The number of aromatic nitrogens is 6. The Hall–Kier alpha value is -5.26. The zero-order valence-corrected chi connectivity index (χ0v) is 28.1. The van der Waals surface area contributed by atoms with Crippen LogP contribution in [0.3, 0.4) is 0 Å². The molecule has 0 fully saturated rings. The summed E-state index contributed by atoms with van der Waals surface area (Å²) in [5.41, 5.74) is 3.10. The second kappa shape index (κ2) is 17.9. The van der Waals surface area contributed by atoms with Gasteiger partial charge in [-0.1, -0.05) is 0 Å². The lowest BCUT2D eigenvalue weighted by Gasteiger charge is -2.20. The number of ether oxygens (including phenoxy) is 3. The molecule has 19 heteroatoms. The van der Waals surface area contributed by atoms with Gasteiger partial charge in [0.2, 0.25) is 17.9 Å². The Kier molecular flexibility index (Phi) is 15.8. The molecule has 0 aliphatic carbocycles. The summed E-state index contributed by atoms with van der Waals surface area (Å²) in [5.74, 6) is -0.308. The summed E-state index contributed by atoms with van der Waals surface area (Å²) in [6.45, 7) is 15.6. The molecule has 3 amide bonds. The van der Waals surface area contributed by atoms with Crippen LogP contribution in [0.1, 0.15) is 62.3 Å². The molecule has 254 valence electrons. The fraction of sp³-hybridized carbons (Fsp3) is 0.444. The van der Waals surface area contributed by atoms with E-state index in [2.05, 4.69) is 30.9 Å². The first-order valence-corrected chi connectivity index (χ1v) is 13.4. The van der Waals surface area contributed by atoms with Crippen molar-refractivity contribution in [2.24, 2.45) is 10.7 Å². The number of aliphatic imine (C=N–C) groups is 1. The van der Waals surface area contributed by atoms with Crippen molar-refractivity contribution in [2.75, 3.05) is 0 Å². The molecule has 3 rings (SSSR count). The van der Waals surface area contributed by atoms with Crippen LogP contribution in [-0.2, 0) is 14.2 Å². The minimum atomic E-state index is -0.839. The number of nitrogens with zero attached hydrogens (tertiary/aromatic N) is 7. The van der Waals surface area contributed by atoms with Crippen LogP contribution in [0, 0.1) is 10.8 Å². The van der Waals surface area contributed by atoms with Crippen LogP contribution in [0.25, 0.3) is 0 Å². The molecule has 3 aromatic rings. The number of amides is 3. The molecule has 18 nitrogen and oxygen atoms in total. The summed E-state index contributed by atoms with van der Waals surface area (Å²) in [7, 11) is 0. The van der Waals surface area contributed by atoms with E-state index in [9.17, 15) is 14.4 Å². The van der Waals surface area contributed by atoms with Crippen LogP contribution in [0.5, 0.6) is 0 Å². The van der Waals surface area contributed by atoms with Crippen molar-refractivity contribution in [3.8, 4) is 0 Å². The van der Waals surface area contributed by atoms with Crippen molar-refractivity contribution in [3.05, 3.63) is 55.4 Å². The van der Waals surface area contributed by atoms with E-state index in [4.69, 9.17) is 30.8 Å². The Morgan fingerprint density at radius 1 is 0.674 bits per heavy atom. The number of halogens is 1. The van der Waals surface area contributed by atoms with Crippen molar-refractivity contribution in [1.29, 1.82) is 10.8 Å². The smallest absolute Gasteiger partial charge is 0.437 e. The average molecular weight is 667 g/mol. The molecular formula is C27H43ClN12O6. The fourth-order valence-electron chi connectivity index (χ4n) is 2.57. The van der Waals surface area contributed by atoms with E-state index >= 15 is 0 Å². The summed E-state index contributed by atoms with van der Waals surface area (Å²) < 4.78 is 18.9. The van der Waals surface area contributed by atoms with Crippen molar-refractivity contribution in [1.82, 2.24) is 40.0 Å². The van der Waals surface area contributed by atoms with Crippen molar-refractivity contribution in [2.45, 2.75) is 79.1 Å². The minimum Gasteiger partial charge on any atom is -0.444 e. The Morgan fingerprint density at radius 2 is 1.07 bits per heavy atom. The van der Waals surface area contributed by atoms with Gasteiger partial charge in [0.05, 0.1) is 0 Å². The van der Waals surface area contributed by atoms with Gasteiger partial charge in [-0.15, -0.1) is 17.4 Å². The molecule has 46 heavy (non-hydrogen) atoms. The molecule has 0 bridgehead atoms.